The number of rotatable bonds is 4. The van der Waals surface area contributed by atoms with Crippen LogP contribution in [0.2, 0.25) is 0 Å². The van der Waals surface area contributed by atoms with Gasteiger partial charge in [0.15, 0.2) is 0 Å². The Bertz CT molecular complexity index is 3040. The molecule has 12 rings (SSSR count). The lowest BCUT2D eigenvalue weighted by Crippen LogP contribution is -2.26. The third-order valence-corrected chi connectivity index (χ3v) is 13.3. The Kier molecular flexibility index (Phi) is 6.67. The molecule has 0 aliphatic heterocycles. The van der Waals surface area contributed by atoms with Crippen molar-refractivity contribution in [3.8, 4) is 44.5 Å². The van der Waals surface area contributed by atoms with Gasteiger partial charge in [-0.05, 0) is 114 Å². The van der Waals surface area contributed by atoms with E-state index in [2.05, 4.69) is 219 Å². The molecule has 0 heterocycles. The molecule has 1 spiro atoms. The maximum Gasteiger partial charge on any atom is 0.0726 e. The van der Waals surface area contributed by atoms with E-state index >= 15 is 0 Å². The maximum atomic E-state index is 2.49. The van der Waals surface area contributed by atoms with Crippen LogP contribution in [0.1, 0.15) is 47.2 Å². The normalized spacial score (nSPS) is 14.4. The SMILES string of the molecule is CC1(C)c2ccccc2-c2cccc(-c3ccc(N(c4ccc5c(c4)C4(c6ccccc6-c6ccccc64)c4ccccc4-5)c4cccc5ccccc45)cc3)c21. The van der Waals surface area contributed by atoms with E-state index in [4.69, 9.17) is 0 Å². The summed E-state index contributed by atoms with van der Waals surface area (Å²) in [4.78, 5) is 2.48. The van der Waals surface area contributed by atoms with Crippen LogP contribution in [0, 0.1) is 0 Å². The molecule has 57 heavy (non-hydrogen) atoms. The lowest BCUT2D eigenvalue weighted by molar-refractivity contribution is 0.662. The molecule has 0 saturated heterocycles. The van der Waals surface area contributed by atoms with Crippen LogP contribution in [-0.2, 0) is 10.8 Å². The van der Waals surface area contributed by atoms with Gasteiger partial charge >= 0.3 is 0 Å². The molecule has 9 aromatic carbocycles. The summed E-state index contributed by atoms with van der Waals surface area (Å²) in [6, 6.07) is 74.9. The highest BCUT2D eigenvalue weighted by Gasteiger charge is 2.51. The molecule has 0 radical (unpaired) electrons. The number of anilines is 3. The molecule has 0 bridgehead atoms. The molecule has 3 aliphatic rings. The molecule has 3 aliphatic carbocycles. The van der Waals surface area contributed by atoms with Gasteiger partial charge < -0.3 is 4.90 Å². The molecule has 268 valence electrons. The van der Waals surface area contributed by atoms with E-state index < -0.39 is 5.41 Å². The van der Waals surface area contributed by atoms with Gasteiger partial charge in [-0.2, -0.15) is 0 Å². The van der Waals surface area contributed by atoms with Crippen molar-refractivity contribution < 1.29 is 0 Å². The fourth-order valence-corrected chi connectivity index (χ4v) is 10.9. The predicted octanol–water partition coefficient (Wildman–Crippen LogP) is 14.6. The first-order valence-corrected chi connectivity index (χ1v) is 20.1. The van der Waals surface area contributed by atoms with Crippen molar-refractivity contribution in [3.05, 3.63) is 234 Å². The van der Waals surface area contributed by atoms with Crippen LogP contribution in [0.25, 0.3) is 55.3 Å². The standard InChI is InChI=1S/C56H39N/c1-55(2)48-24-9-5-21-45(48)47-23-14-22-41(54(47)55)37-29-31-38(32-30-37)57(53-28-13-16-36-15-3-4-17-40(36)53)39-33-34-46-44-20-8-12-27-51(44)56(52(46)35-39)49-25-10-6-18-42(49)43-19-7-11-26-50(43)56/h3-35H,1-2H3. The zero-order valence-corrected chi connectivity index (χ0v) is 32.0. The first-order chi connectivity index (χ1) is 28.0. The van der Waals surface area contributed by atoms with Gasteiger partial charge in [-0.25, -0.2) is 0 Å². The minimum absolute atomic E-state index is 0.0917. The second-order valence-electron chi connectivity index (χ2n) is 16.4. The zero-order chi connectivity index (χ0) is 37.9. The number of hydrogen-bond acceptors (Lipinski definition) is 1. The van der Waals surface area contributed by atoms with Crippen LogP contribution >= 0.6 is 0 Å². The molecule has 0 unspecified atom stereocenters. The average molecular weight is 726 g/mol. The average Bonchev–Trinajstić information content (AvgIpc) is 3.83. The minimum atomic E-state index is -0.415. The summed E-state index contributed by atoms with van der Waals surface area (Å²) in [7, 11) is 0. The van der Waals surface area contributed by atoms with Crippen molar-refractivity contribution in [2.24, 2.45) is 0 Å². The molecule has 0 amide bonds. The van der Waals surface area contributed by atoms with Crippen LogP contribution in [0.15, 0.2) is 200 Å². The first-order valence-electron chi connectivity index (χ1n) is 20.1. The fourth-order valence-electron chi connectivity index (χ4n) is 10.9. The highest BCUT2D eigenvalue weighted by molar-refractivity contribution is 6.01. The Morgan fingerprint density at radius 2 is 0.825 bits per heavy atom. The van der Waals surface area contributed by atoms with E-state index in [0.717, 1.165) is 17.1 Å². The Morgan fingerprint density at radius 1 is 0.351 bits per heavy atom. The van der Waals surface area contributed by atoms with E-state index in [-0.39, 0.29) is 5.41 Å². The maximum absolute atomic E-state index is 2.49. The molecular weight excluding hydrogens is 687 g/mol. The summed E-state index contributed by atoms with van der Waals surface area (Å²) in [6.45, 7) is 4.75. The molecule has 0 N–H and O–H groups in total. The number of nitrogens with zero attached hydrogens (tertiary/aromatic N) is 1. The first kappa shape index (κ1) is 32.3. The van der Waals surface area contributed by atoms with E-state index in [1.54, 1.807) is 0 Å². The van der Waals surface area contributed by atoms with Gasteiger partial charge in [-0.15, -0.1) is 0 Å². The lowest BCUT2D eigenvalue weighted by atomic mass is 9.70. The second-order valence-corrected chi connectivity index (χ2v) is 16.4. The summed E-state index contributed by atoms with van der Waals surface area (Å²) in [5.41, 5.74) is 21.6. The van der Waals surface area contributed by atoms with E-state index in [9.17, 15) is 0 Å². The molecule has 1 nitrogen and oxygen atoms in total. The van der Waals surface area contributed by atoms with Crippen molar-refractivity contribution >= 4 is 27.8 Å². The van der Waals surface area contributed by atoms with Gasteiger partial charge in [0.1, 0.15) is 0 Å². The van der Waals surface area contributed by atoms with Gasteiger partial charge in [0.25, 0.3) is 0 Å². The monoisotopic (exact) mass is 725 g/mol. The Hall–Kier alpha value is -6.96. The Morgan fingerprint density at radius 3 is 1.49 bits per heavy atom. The van der Waals surface area contributed by atoms with Gasteiger partial charge in [0.2, 0.25) is 0 Å². The quantitative estimate of drug-likeness (QED) is 0.175. The van der Waals surface area contributed by atoms with Crippen molar-refractivity contribution in [2.45, 2.75) is 24.7 Å². The molecule has 1 heteroatoms. The van der Waals surface area contributed by atoms with E-state index in [0.29, 0.717) is 0 Å². The summed E-state index contributed by atoms with van der Waals surface area (Å²) in [5, 5.41) is 2.45. The van der Waals surface area contributed by atoms with Crippen LogP contribution in [0.5, 0.6) is 0 Å². The Balaban J connectivity index is 1.07. The van der Waals surface area contributed by atoms with Gasteiger partial charge in [-0.1, -0.05) is 184 Å². The number of hydrogen-bond donors (Lipinski definition) is 0. The number of benzene rings is 9. The molecule has 9 aromatic rings. The third kappa shape index (κ3) is 4.29. The van der Waals surface area contributed by atoms with Crippen molar-refractivity contribution in [3.63, 3.8) is 0 Å². The molecule has 0 fully saturated rings. The summed E-state index contributed by atoms with van der Waals surface area (Å²) < 4.78 is 0. The molecule has 0 aromatic heterocycles. The third-order valence-electron chi connectivity index (χ3n) is 13.3. The molecular formula is C56H39N. The van der Waals surface area contributed by atoms with Gasteiger partial charge in [-0.3, -0.25) is 0 Å². The summed E-state index contributed by atoms with van der Waals surface area (Å²) in [5.74, 6) is 0. The zero-order valence-electron chi connectivity index (χ0n) is 32.0. The molecule has 0 atom stereocenters. The van der Waals surface area contributed by atoms with Crippen LogP contribution < -0.4 is 4.90 Å². The van der Waals surface area contributed by atoms with Crippen molar-refractivity contribution in [1.82, 2.24) is 0 Å². The van der Waals surface area contributed by atoms with Crippen LogP contribution in [-0.4, -0.2) is 0 Å². The largest absolute Gasteiger partial charge is 0.310 e. The highest BCUT2D eigenvalue weighted by atomic mass is 15.1. The Labute approximate surface area is 334 Å². The van der Waals surface area contributed by atoms with Crippen LogP contribution in [0.4, 0.5) is 17.1 Å². The van der Waals surface area contributed by atoms with Gasteiger partial charge in [0.05, 0.1) is 11.1 Å². The molecule has 0 saturated carbocycles. The van der Waals surface area contributed by atoms with Crippen LogP contribution in [0.3, 0.4) is 0 Å². The topological polar surface area (TPSA) is 3.24 Å². The predicted molar refractivity (Wildman–Crippen MR) is 238 cm³/mol. The highest BCUT2D eigenvalue weighted by Crippen LogP contribution is 2.63. The van der Waals surface area contributed by atoms with E-state index in [1.807, 2.05) is 0 Å². The summed E-state index contributed by atoms with van der Waals surface area (Å²) in [6.07, 6.45) is 0. The minimum Gasteiger partial charge on any atom is -0.310 e. The van der Waals surface area contributed by atoms with Crippen molar-refractivity contribution in [1.29, 1.82) is 0 Å². The smallest absolute Gasteiger partial charge is 0.0726 e. The number of fused-ring (bicyclic) bond motifs is 14. The fraction of sp³-hybridized carbons (Fsp3) is 0.0714. The second kappa shape index (κ2) is 11.8. The van der Waals surface area contributed by atoms with E-state index in [1.165, 1.54) is 88.7 Å². The summed E-state index contributed by atoms with van der Waals surface area (Å²) >= 11 is 0. The van der Waals surface area contributed by atoms with Gasteiger partial charge in [0, 0.05) is 22.2 Å². The lowest BCUT2D eigenvalue weighted by Gasteiger charge is -2.32. The van der Waals surface area contributed by atoms with Crippen molar-refractivity contribution in [2.75, 3.05) is 4.90 Å².